The number of nitrogens with zero attached hydrogens (tertiary/aromatic N) is 1. The van der Waals surface area contributed by atoms with E-state index in [2.05, 4.69) is 23.7 Å². The summed E-state index contributed by atoms with van der Waals surface area (Å²) >= 11 is 0. The predicted octanol–water partition coefficient (Wildman–Crippen LogP) is 2.74. The van der Waals surface area contributed by atoms with E-state index in [0.717, 1.165) is 17.7 Å². The number of carbonyl (C=O) groups excluding carboxylic acids is 1. The van der Waals surface area contributed by atoms with Gasteiger partial charge in [-0.25, -0.2) is 0 Å². The van der Waals surface area contributed by atoms with Gasteiger partial charge in [-0.1, -0.05) is 19.3 Å². The Morgan fingerprint density at radius 1 is 1.30 bits per heavy atom. The number of aliphatic hydroxyl groups excluding tert-OH is 1. The van der Waals surface area contributed by atoms with Gasteiger partial charge in [0.2, 0.25) is 0 Å². The van der Waals surface area contributed by atoms with Crippen LogP contribution in [0.2, 0.25) is 0 Å². The summed E-state index contributed by atoms with van der Waals surface area (Å²) in [5.41, 5.74) is 3.07. The van der Waals surface area contributed by atoms with Crippen LogP contribution < -0.4 is 5.32 Å². The molecule has 1 aliphatic rings. The van der Waals surface area contributed by atoms with Gasteiger partial charge in [0, 0.05) is 30.6 Å². The molecule has 5 heteroatoms. The first kappa shape index (κ1) is 18.0. The van der Waals surface area contributed by atoms with Gasteiger partial charge in [-0.2, -0.15) is 0 Å². The van der Waals surface area contributed by atoms with Crippen molar-refractivity contribution in [2.45, 2.75) is 58.4 Å². The average molecular weight is 322 g/mol. The number of amides is 1. The maximum Gasteiger partial charge on any atom is 0.253 e. The second-order valence-electron chi connectivity index (χ2n) is 6.39. The molecule has 130 valence electrons. The maximum atomic E-state index is 12.4. The lowest BCUT2D eigenvalue weighted by molar-refractivity contribution is 0.0867. The Morgan fingerprint density at radius 2 is 2.04 bits per heavy atom. The minimum Gasteiger partial charge on any atom is -0.394 e. The van der Waals surface area contributed by atoms with E-state index in [1.807, 2.05) is 6.07 Å². The summed E-state index contributed by atoms with van der Waals surface area (Å²) in [7, 11) is 0. The summed E-state index contributed by atoms with van der Waals surface area (Å²) in [6.07, 6.45) is 7.11. The van der Waals surface area contributed by atoms with Crippen molar-refractivity contribution in [3.63, 3.8) is 0 Å². The summed E-state index contributed by atoms with van der Waals surface area (Å²) in [6, 6.07) is 2.57. The van der Waals surface area contributed by atoms with E-state index < -0.39 is 0 Å². The minimum atomic E-state index is 0.00215. The van der Waals surface area contributed by atoms with Gasteiger partial charge in [0.05, 0.1) is 18.8 Å². The van der Waals surface area contributed by atoms with E-state index in [0.29, 0.717) is 25.8 Å². The molecule has 0 atom stereocenters. The summed E-state index contributed by atoms with van der Waals surface area (Å²) in [5.74, 6) is 0.00215. The summed E-state index contributed by atoms with van der Waals surface area (Å²) in [6.45, 7) is 5.71. The van der Waals surface area contributed by atoms with Crippen molar-refractivity contribution in [2.24, 2.45) is 0 Å². The third-order valence-corrected chi connectivity index (χ3v) is 4.66. The number of hydrogen-bond donors (Lipinski definition) is 2. The van der Waals surface area contributed by atoms with Crippen LogP contribution in [0.4, 0.5) is 0 Å². The molecule has 0 saturated heterocycles. The molecule has 1 amide bonds. The van der Waals surface area contributed by atoms with Crippen molar-refractivity contribution in [2.75, 3.05) is 26.4 Å². The van der Waals surface area contributed by atoms with Gasteiger partial charge in [-0.3, -0.25) is 4.79 Å². The molecule has 1 aromatic heterocycles. The number of nitrogens with one attached hydrogen (secondary N) is 1. The van der Waals surface area contributed by atoms with Crippen LogP contribution >= 0.6 is 0 Å². The lowest BCUT2D eigenvalue weighted by Crippen LogP contribution is -2.26. The Kier molecular flexibility index (Phi) is 7.12. The average Bonchev–Trinajstić information content (AvgIpc) is 2.86. The number of aromatic nitrogens is 1. The Labute approximate surface area is 139 Å². The third-order valence-electron chi connectivity index (χ3n) is 4.66. The first-order valence-electron chi connectivity index (χ1n) is 8.80. The third kappa shape index (κ3) is 4.82. The molecule has 0 radical (unpaired) electrons. The molecule has 23 heavy (non-hydrogen) atoms. The molecule has 0 aliphatic heterocycles. The van der Waals surface area contributed by atoms with E-state index in [-0.39, 0.29) is 12.5 Å². The van der Waals surface area contributed by atoms with E-state index in [1.165, 1.54) is 37.8 Å². The molecular weight excluding hydrogens is 292 g/mol. The molecule has 0 aromatic carbocycles. The molecule has 1 aromatic rings. The maximum absolute atomic E-state index is 12.4. The predicted molar refractivity (Wildman–Crippen MR) is 90.9 cm³/mol. The second-order valence-corrected chi connectivity index (χ2v) is 6.39. The Bertz CT molecular complexity index is 505. The SMILES string of the molecule is Cc1cc(C(=O)NCCCOCCO)c(C)n1C1CCCCC1. The number of aryl methyl sites for hydroxylation is 1. The van der Waals surface area contributed by atoms with Crippen molar-refractivity contribution < 1.29 is 14.6 Å². The van der Waals surface area contributed by atoms with Crippen molar-refractivity contribution in [3.8, 4) is 0 Å². The number of ether oxygens (including phenoxy) is 1. The van der Waals surface area contributed by atoms with Gasteiger partial charge in [-0.15, -0.1) is 0 Å². The molecule has 1 fully saturated rings. The standard InChI is InChI=1S/C18H30N2O3/c1-14-13-17(18(22)19-9-6-11-23-12-10-21)15(2)20(14)16-7-4-3-5-8-16/h13,16,21H,3-12H2,1-2H3,(H,19,22). The van der Waals surface area contributed by atoms with Gasteiger partial charge < -0.3 is 19.7 Å². The normalized spacial score (nSPS) is 15.8. The van der Waals surface area contributed by atoms with Gasteiger partial charge >= 0.3 is 0 Å². The van der Waals surface area contributed by atoms with Gasteiger partial charge in [0.25, 0.3) is 5.91 Å². The van der Waals surface area contributed by atoms with Crippen molar-refractivity contribution in [1.82, 2.24) is 9.88 Å². The first-order chi connectivity index (χ1) is 11.1. The number of aliphatic hydroxyl groups is 1. The number of hydrogen-bond acceptors (Lipinski definition) is 3. The van der Waals surface area contributed by atoms with Crippen LogP contribution in [0.1, 0.15) is 66.3 Å². The van der Waals surface area contributed by atoms with E-state index >= 15 is 0 Å². The fraction of sp³-hybridized carbons (Fsp3) is 0.722. The molecule has 0 spiro atoms. The highest BCUT2D eigenvalue weighted by Crippen LogP contribution is 2.32. The summed E-state index contributed by atoms with van der Waals surface area (Å²) < 4.78 is 7.55. The van der Waals surface area contributed by atoms with Crippen molar-refractivity contribution in [3.05, 3.63) is 23.0 Å². The monoisotopic (exact) mass is 322 g/mol. The van der Waals surface area contributed by atoms with Gasteiger partial charge in [-0.05, 0) is 39.2 Å². The van der Waals surface area contributed by atoms with Crippen LogP contribution in [0.15, 0.2) is 6.07 Å². The number of rotatable bonds is 8. The van der Waals surface area contributed by atoms with Gasteiger partial charge in [0.1, 0.15) is 0 Å². The quantitative estimate of drug-likeness (QED) is 0.723. The topological polar surface area (TPSA) is 63.5 Å². The molecular formula is C18H30N2O3. The van der Waals surface area contributed by atoms with Gasteiger partial charge in [0.15, 0.2) is 0 Å². The second kappa shape index (κ2) is 9.08. The Hall–Kier alpha value is -1.33. The zero-order valence-electron chi connectivity index (χ0n) is 14.4. The lowest BCUT2D eigenvalue weighted by atomic mass is 9.95. The fourth-order valence-electron chi connectivity index (χ4n) is 3.55. The number of carbonyl (C=O) groups is 1. The first-order valence-corrected chi connectivity index (χ1v) is 8.80. The summed E-state index contributed by atoms with van der Waals surface area (Å²) in [4.78, 5) is 12.4. The molecule has 1 heterocycles. The molecule has 0 unspecified atom stereocenters. The van der Waals surface area contributed by atoms with Crippen LogP contribution in [0.3, 0.4) is 0 Å². The Balaban J connectivity index is 1.90. The van der Waals surface area contributed by atoms with Crippen LogP contribution in [-0.4, -0.2) is 41.9 Å². The molecule has 5 nitrogen and oxygen atoms in total. The molecule has 2 rings (SSSR count). The molecule has 1 aliphatic carbocycles. The van der Waals surface area contributed by atoms with Crippen molar-refractivity contribution >= 4 is 5.91 Å². The van der Waals surface area contributed by atoms with Crippen LogP contribution in [-0.2, 0) is 4.74 Å². The molecule has 0 bridgehead atoms. The largest absolute Gasteiger partial charge is 0.394 e. The zero-order valence-corrected chi connectivity index (χ0v) is 14.4. The lowest BCUT2D eigenvalue weighted by Gasteiger charge is -2.26. The highest BCUT2D eigenvalue weighted by molar-refractivity contribution is 5.95. The smallest absolute Gasteiger partial charge is 0.253 e. The minimum absolute atomic E-state index is 0.00215. The fourth-order valence-corrected chi connectivity index (χ4v) is 3.55. The van der Waals surface area contributed by atoms with Crippen LogP contribution in [0, 0.1) is 13.8 Å². The van der Waals surface area contributed by atoms with Crippen molar-refractivity contribution in [1.29, 1.82) is 0 Å². The summed E-state index contributed by atoms with van der Waals surface area (Å²) in [5, 5.41) is 11.6. The highest BCUT2D eigenvalue weighted by Gasteiger charge is 2.22. The Morgan fingerprint density at radius 3 is 2.74 bits per heavy atom. The molecule has 2 N–H and O–H groups in total. The molecule has 1 saturated carbocycles. The van der Waals surface area contributed by atoms with E-state index in [4.69, 9.17) is 9.84 Å². The van der Waals surface area contributed by atoms with E-state index in [1.54, 1.807) is 0 Å². The zero-order chi connectivity index (χ0) is 16.7. The van der Waals surface area contributed by atoms with Crippen LogP contribution in [0.25, 0.3) is 0 Å². The van der Waals surface area contributed by atoms with E-state index in [9.17, 15) is 4.79 Å². The van der Waals surface area contributed by atoms with Crippen LogP contribution in [0.5, 0.6) is 0 Å². The highest BCUT2D eigenvalue weighted by atomic mass is 16.5.